The summed E-state index contributed by atoms with van der Waals surface area (Å²) in [6, 6.07) is 9.72. The SMILES string of the molecule is CO[C@@H]1O[C@@H]2COC(c3ccccc3)O[C@H]2[C@H](O)[C@@H]1SC. The molecular weight excluding hydrogens is 292 g/mol. The van der Waals surface area contributed by atoms with Crippen LogP contribution in [0.4, 0.5) is 0 Å². The van der Waals surface area contributed by atoms with Crippen LogP contribution in [-0.4, -0.2) is 54.9 Å². The minimum Gasteiger partial charge on any atom is -0.389 e. The van der Waals surface area contributed by atoms with E-state index in [9.17, 15) is 5.11 Å². The Labute approximate surface area is 128 Å². The highest BCUT2D eigenvalue weighted by Gasteiger charge is 2.49. The Balaban J connectivity index is 1.75. The van der Waals surface area contributed by atoms with E-state index >= 15 is 0 Å². The molecule has 21 heavy (non-hydrogen) atoms. The van der Waals surface area contributed by atoms with E-state index in [0.717, 1.165) is 5.56 Å². The Hall–Kier alpha value is -0.630. The van der Waals surface area contributed by atoms with Crippen molar-refractivity contribution in [3.8, 4) is 0 Å². The molecule has 0 amide bonds. The van der Waals surface area contributed by atoms with Crippen molar-refractivity contribution in [1.82, 2.24) is 0 Å². The lowest BCUT2D eigenvalue weighted by molar-refractivity contribution is -0.332. The van der Waals surface area contributed by atoms with Gasteiger partial charge in [-0.25, -0.2) is 0 Å². The lowest BCUT2D eigenvalue weighted by Crippen LogP contribution is -2.61. The molecule has 1 N–H and O–H groups in total. The number of methoxy groups -OCH3 is 1. The minimum absolute atomic E-state index is 0.175. The smallest absolute Gasteiger partial charge is 0.184 e. The number of aliphatic hydroxyl groups excluding tert-OH is 1. The molecule has 116 valence electrons. The topological polar surface area (TPSA) is 57.2 Å². The summed E-state index contributed by atoms with van der Waals surface area (Å²) >= 11 is 1.52. The van der Waals surface area contributed by atoms with Gasteiger partial charge in [0.1, 0.15) is 12.2 Å². The van der Waals surface area contributed by atoms with Gasteiger partial charge in [0.15, 0.2) is 12.6 Å². The molecule has 5 nitrogen and oxygen atoms in total. The Morgan fingerprint density at radius 3 is 2.67 bits per heavy atom. The largest absolute Gasteiger partial charge is 0.389 e. The van der Waals surface area contributed by atoms with Crippen molar-refractivity contribution in [1.29, 1.82) is 0 Å². The molecule has 0 saturated carbocycles. The van der Waals surface area contributed by atoms with Crippen LogP contribution in [-0.2, 0) is 18.9 Å². The lowest BCUT2D eigenvalue weighted by Gasteiger charge is -2.47. The van der Waals surface area contributed by atoms with Gasteiger partial charge in [-0.1, -0.05) is 30.3 Å². The summed E-state index contributed by atoms with van der Waals surface area (Å²) in [7, 11) is 1.58. The molecule has 0 aromatic heterocycles. The highest BCUT2D eigenvalue weighted by molar-refractivity contribution is 7.99. The number of benzene rings is 1. The van der Waals surface area contributed by atoms with Crippen LogP contribution in [0.15, 0.2) is 30.3 Å². The number of rotatable bonds is 3. The summed E-state index contributed by atoms with van der Waals surface area (Å²) in [5, 5.41) is 10.4. The zero-order valence-corrected chi connectivity index (χ0v) is 12.9. The molecule has 2 aliphatic heterocycles. The van der Waals surface area contributed by atoms with Gasteiger partial charge in [0.25, 0.3) is 0 Å². The fraction of sp³-hybridized carbons (Fsp3) is 0.600. The quantitative estimate of drug-likeness (QED) is 0.914. The van der Waals surface area contributed by atoms with Crippen molar-refractivity contribution in [2.24, 2.45) is 0 Å². The second kappa shape index (κ2) is 6.64. The minimum atomic E-state index is -0.654. The van der Waals surface area contributed by atoms with Crippen LogP contribution in [0.25, 0.3) is 0 Å². The fourth-order valence-electron chi connectivity index (χ4n) is 2.79. The van der Waals surface area contributed by atoms with Gasteiger partial charge >= 0.3 is 0 Å². The van der Waals surface area contributed by atoms with Crippen LogP contribution >= 0.6 is 11.8 Å². The Morgan fingerprint density at radius 1 is 1.24 bits per heavy atom. The zero-order chi connectivity index (χ0) is 14.8. The molecule has 3 rings (SSSR count). The highest BCUT2D eigenvalue weighted by Crippen LogP contribution is 2.37. The van der Waals surface area contributed by atoms with E-state index in [0.29, 0.717) is 6.61 Å². The monoisotopic (exact) mass is 312 g/mol. The molecule has 0 spiro atoms. The van der Waals surface area contributed by atoms with Gasteiger partial charge < -0.3 is 24.1 Å². The predicted octanol–water partition coefficient (Wildman–Crippen LogP) is 1.56. The van der Waals surface area contributed by atoms with Gasteiger partial charge in [-0.05, 0) is 6.26 Å². The van der Waals surface area contributed by atoms with Gasteiger partial charge in [0, 0.05) is 12.7 Å². The van der Waals surface area contributed by atoms with Gasteiger partial charge in [0.2, 0.25) is 0 Å². The van der Waals surface area contributed by atoms with E-state index in [2.05, 4.69) is 0 Å². The third-order valence-electron chi connectivity index (χ3n) is 3.89. The lowest BCUT2D eigenvalue weighted by atomic mass is 10.00. The van der Waals surface area contributed by atoms with E-state index in [-0.39, 0.29) is 11.4 Å². The van der Waals surface area contributed by atoms with Gasteiger partial charge in [0.05, 0.1) is 18.0 Å². The van der Waals surface area contributed by atoms with Crippen molar-refractivity contribution in [2.45, 2.75) is 36.1 Å². The van der Waals surface area contributed by atoms with Crippen LogP contribution < -0.4 is 0 Å². The van der Waals surface area contributed by atoms with E-state index in [4.69, 9.17) is 18.9 Å². The Kier molecular flexibility index (Phi) is 4.83. The summed E-state index contributed by atoms with van der Waals surface area (Å²) in [4.78, 5) is 0. The van der Waals surface area contributed by atoms with Crippen molar-refractivity contribution < 1.29 is 24.1 Å². The van der Waals surface area contributed by atoms with Crippen LogP contribution in [0.2, 0.25) is 0 Å². The maximum atomic E-state index is 10.6. The van der Waals surface area contributed by atoms with Crippen molar-refractivity contribution >= 4 is 11.8 Å². The Bertz CT molecular complexity index is 457. The summed E-state index contributed by atoms with van der Waals surface area (Å²) in [6.45, 7) is 0.377. The standard InChI is InChI=1S/C15H20O5S/c1-17-15-13(21-2)11(16)12-10(19-15)8-18-14(20-12)9-6-4-3-5-7-9/h3-7,10-16H,8H2,1-2H3/t10-,11+,12-,13+,14?,15-/m1/s1. The summed E-state index contributed by atoms with van der Waals surface area (Å²) in [6.07, 6.45) is -0.360. The number of ether oxygens (including phenoxy) is 4. The first kappa shape index (κ1) is 15.3. The van der Waals surface area contributed by atoms with E-state index in [1.54, 1.807) is 7.11 Å². The summed E-state index contributed by atoms with van der Waals surface area (Å²) in [5.41, 5.74) is 0.942. The molecule has 2 aliphatic rings. The fourth-order valence-corrected chi connectivity index (χ4v) is 3.62. The maximum Gasteiger partial charge on any atom is 0.184 e. The molecule has 0 bridgehead atoms. The van der Waals surface area contributed by atoms with E-state index < -0.39 is 24.8 Å². The molecule has 1 aromatic rings. The average Bonchev–Trinajstić information content (AvgIpc) is 2.55. The van der Waals surface area contributed by atoms with Gasteiger partial charge in [-0.15, -0.1) is 0 Å². The highest BCUT2D eigenvalue weighted by atomic mass is 32.2. The molecule has 0 radical (unpaired) electrons. The normalized spacial score (nSPS) is 39.8. The summed E-state index contributed by atoms with van der Waals surface area (Å²) in [5.74, 6) is 0. The molecular formula is C15H20O5S. The van der Waals surface area contributed by atoms with Gasteiger partial charge in [-0.3, -0.25) is 0 Å². The van der Waals surface area contributed by atoms with E-state index in [1.807, 2.05) is 36.6 Å². The van der Waals surface area contributed by atoms with Crippen molar-refractivity contribution in [3.05, 3.63) is 35.9 Å². The average molecular weight is 312 g/mol. The van der Waals surface area contributed by atoms with Crippen LogP contribution in [0.5, 0.6) is 0 Å². The zero-order valence-electron chi connectivity index (χ0n) is 12.0. The first-order valence-electron chi connectivity index (χ1n) is 6.95. The maximum absolute atomic E-state index is 10.6. The summed E-state index contributed by atoms with van der Waals surface area (Å²) < 4.78 is 22.8. The second-order valence-electron chi connectivity index (χ2n) is 5.15. The van der Waals surface area contributed by atoms with Crippen molar-refractivity contribution in [2.75, 3.05) is 20.0 Å². The number of thioether (sulfide) groups is 1. The number of fused-ring (bicyclic) bond motifs is 1. The van der Waals surface area contributed by atoms with Crippen molar-refractivity contribution in [3.63, 3.8) is 0 Å². The van der Waals surface area contributed by atoms with Crippen LogP contribution in [0, 0.1) is 0 Å². The first-order chi connectivity index (χ1) is 10.2. The second-order valence-corrected chi connectivity index (χ2v) is 6.16. The Morgan fingerprint density at radius 2 is 2.00 bits per heavy atom. The predicted molar refractivity (Wildman–Crippen MR) is 79.0 cm³/mol. The van der Waals surface area contributed by atoms with Gasteiger partial charge in [-0.2, -0.15) is 11.8 Å². The molecule has 6 heteroatoms. The molecule has 2 fully saturated rings. The number of hydrogen-bond donors (Lipinski definition) is 1. The molecule has 2 saturated heterocycles. The molecule has 1 unspecified atom stereocenters. The van der Waals surface area contributed by atoms with Crippen LogP contribution in [0.3, 0.4) is 0 Å². The number of aliphatic hydroxyl groups is 1. The van der Waals surface area contributed by atoms with Crippen LogP contribution in [0.1, 0.15) is 11.9 Å². The molecule has 0 aliphatic carbocycles. The first-order valence-corrected chi connectivity index (χ1v) is 8.24. The number of hydrogen-bond acceptors (Lipinski definition) is 6. The third-order valence-corrected chi connectivity index (χ3v) is 4.93. The molecule has 6 atom stereocenters. The third kappa shape index (κ3) is 2.97. The molecule has 1 aromatic carbocycles. The van der Waals surface area contributed by atoms with E-state index in [1.165, 1.54) is 11.8 Å². The molecule has 2 heterocycles.